The van der Waals surface area contributed by atoms with Crippen LogP contribution in [-0.2, 0) is 16.2 Å². The van der Waals surface area contributed by atoms with Gasteiger partial charge in [0.2, 0.25) is 5.91 Å². The third-order valence-corrected chi connectivity index (χ3v) is 7.58. The second-order valence-corrected chi connectivity index (χ2v) is 10.8. The SMILES string of the molecule is COc1ccccc1NC(=O)CN1C(=O)S/C(=C/c2cc(Br)c(OCc3ccc(Cl)cc3Cl)c(OC)c2)C1=O. The van der Waals surface area contributed by atoms with E-state index < -0.39 is 23.6 Å². The molecule has 0 radical (unpaired) electrons. The average Bonchev–Trinajstić information content (AvgIpc) is 3.16. The number of carbonyl (C=O) groups is 3. The predicted molar refractivity (Wildman–Crippen MR) is 156 cm³/mol. The van der Waals surface area contributed by atoms with E-state index >= 15 is 0 Å². The lowest BCUT2D eigenvalue weighted by atomic mass is 10.1. The third kappa shape index (κ3) is 6.88. The number of nitrogens with zero attached hydrogens (tertiary/aromatic N) is 1. The Morgan fingerprint density at radius 3 is 2.51 bits per heavy atom. The smallest absolute Gasteiger partial charge is 0.294 e. The van der Waals surface area contributed by atoms with Crippen LogP contribution in [0.1, 0.15) is 11.1 Å². The van der Waals surface area contributed by atoms with Crippen molar-refractivity contribution in [3.8, 4) is 17.2 Å². The molecule has 0 atom stereocenters. The van der Waals surface area contributed by atoms with Gasteiger partial charge in [0.05, 0.1) is 29.3 Å². The quantitative estimate of drug-likeness (QED) is 0.248. The Bertz CT molecular complexity index is 1480. The average molecular weight is 652 g/mol. The van der Waals surface area contributed by atoms with Gasteiger partial charge in [-0.3, -0.25) is 19.3 Å². The van der Waals surface area contributed by atoms with E-state index in [1.807, 2.05) is 0 Å². The molecule has 0 saturated carbocycles. The van der Waals surface area contributed by atoms with Crippen molar-refractivity contribution in [2.75, 3.05) is 26.1 Å². The Labute approximate surface area is 247 Å². The molecule has 1 aliphatic heterocycles. The largest absolute Gasteiger partial charge is 0.495 e. The lowest BCUT2D eigenvalue weighted by Crippen LogP contribution is -2.36. The van der Waals surface area contributed by atoms with Gasteiger partial charge in [-0.05, 0) is 75.7 Å². The fourth-order valence-electron chi connectivity index (χ4n) is 3.62. The van der Waals surface area contributed by atoms with Crippen LogP contribution in [0.5, 0.6) is 17.2 Å². The summed E-state index contributed by atoms with van der Waals surface area (Å²) in [6, 6.07) is 15.4. The number of halogens is 3. The van der Waals surface area contributed by atoms with Crippen molar-refractivity contribution >= 4 is 79.7 Å². The molecule has 0 unspecified atom stereocenters. The Hall–Kier alpha value is -3.18. The summed E-state index contributed by atoms with van der Waals surface area (Å²) in [5, 5.41) is 3.11. The van der Waals surface area contributed by atoms with Gasteiger partial charge in [0.15, 0.2) is 11.5 Å². The van der Waals surface area contributed by atoms with E-state index in [2.05, 4.69) is 21.2 Å². The fourth-order valence-corrected chi connectivity index (χ4v) is 5.50. The minimum absolute atomic E-state index is 0.167. The number of rotatable bonds is 9. The number of anilines is 1. The monoisotopic (exact) mass is 650 g/mol. The Morgan fingerprint density at radius 2 is 1.79 bits per heavy atom. The van der Waals surface area contributed by atoms with E-state index in [-0.39, 0.29) is 11.5 Å². The number of hydrogen-bond donors (Lipinski definition) is 1. The maximum Gasteiger partial charge on any atom is 0.294 e. The van der Waals surface area contributed by atoms with Crippen LogP contribution in [0.3, 0.4) is 0 Å². The first-order valence-electron chi connectivity index (χ1n) is 11.3. The third-order valence-electron chi connectivity index (χ3n) is 5.49. The Kier molecular flexibility index (Phi) is 9.45. The molecule has 0 spiro atoms. The first kappa shape index (κ1) is 28.8. The molecule has 39 heavy (non-hydrogen) atoms. The fraction of sp³-hybridized carbons (Fsp3) is 0.148. The minimum atomic E-state index is -0.576. The number of imide groups is 1. The first-order chi connectivity index (χ1) is 18.7. The summed E-state index contributed by atoms with van der Waals surface area (Å²) in [7, 11) is 2.97. The number of benzene rings is 3. The lowest BCUT2D eigenvalue weighted by Gasteiger charge is -2.15. The van der Waals surface area contributed by atoms with Gasteiger partial charge in [0, 0.05) is 15.6 Å². The molecule has 1 saturated heterocycles. The number of amides is 3. The summed E-state index contributed by atoms with van der Waals surface area (Å²) >= 11 is 16.4. The van der Waals surface area contributed by atoms with Crippen LogP contribution in [0.4, 0.5) is 10.5 Å². The lowest BCUT2D eigenvalue weighted by molar-refractivity contribution is -0.127. The predicted octanol–water partition coefficient (Wildman–Crippen LogP) is 7.03. The van der Waals surface area contributed by atoms with Crippen LogP contribution < -0.4 is 19.5 Å². The van der Waals surface area contributed by atoms with E-state index in [9.17, 15) is 14.4 Å². The zero-order chi connectivity index (χ0) is 28.1. The van der Waals surface area contributed by atoms with E-state index in [1.54, 1.807) is 60.7 Å². The van der Waals surface area contributed by atoms with Gasteiger partial charge in [-0.15, -0.1) is 0 Å². The molecule has 4 rings (SSSR count). The number of methoxy groups -OCH3 is 2. The first-order valence-corrected chi connectivity index (χ1v) is 13.7. The van der Waals surface area contributed by atoms with Crippen LogP contribution >= 0.6 is 50.9 Å². The molecular weight excluding hydrogens is 631 g/mol. The summed E-state index contributed by atoms with van der Waals surface area (Å²) in [4.78, 5) is 39.2. The van der Waals surface area contributed by atoms with Crippen molar-refractivity contribution in [2.45, 2.75) is 6.61 Å². The van der Waals surface area contributed by atoms with Crippen molar-refractivity contribution in [1.29, 1.82) is 0 Å². The maximum atomic E-state index is 13.0. The molecule has 1 heterocycles. The standard InChI is InChI=1S/C27H21BrCl2N2O6S/c1-36-21-6-4-3-5-20(21)31-24(33)13-32-26(34)23(39-27(32)35)11-15-9-18(28)25(22(10-15)37-2)38-14-16-7-8-17(29)12-19(16)30/h3-12H,13-14H2,1-2H3,(H,31,33)/b23-11+. The summed E-state index contributed by atoms with van der Waals surface area (Å²) in [6.45, 7) is -0.271. The normalized spacial score (nSPS) is 14.1. The highest BCUT2D eigenvalue weighted by Crippen LogP contribution is 2.40. The van der Waals surface area contributed by atoms with Gasteiger partial charge < -0.3 is 19.5 Å². The Morgan fingerprint density at radius 1 is 1.05 bits per heavy atom. The number of carbonyl (C=O) groups excluding carboxylic acids is 3. The molecular formula is C27H21BrCl2N2O6S. The van der Waals surface area contributed by atoms with E-state index in [1.165, 1.54) is 14.2 Å². The number of hydrogen-bond acceptors (Lipinski definition) is 7. The van der Waals surface area contributed by atoms with Crippen LogP contribution in [-0.4, -0.2) is 42.7 Å². The molecule has 8 nitrogen and oxygen atoms in total. The van der Waals surface area contributed by atoms with Gasteiger partial charge >= 0.3 is 0 Å². The van der Waals surface area contributed by atoms with Crippen molar-refractivity contribution in [3.05, 3.63) is 85.1 Å². The van der Waals surface area contributed by atoms with Crippen LogP contribution in [0.15, 0.2) is 64.0 Å². The number of thioether (sulfide) groups is 1. The molecule has 1 aliphatic rings. The van der Waals surface area contributed by atoms with E-state index in [4.69, 9.17) is 37.4 Å². The zero-order valence-corrected chi connectivity index (χ0v) is 24.5. The summed E-state index contributed by atoms with van der Waals surface area (Å²) < 4.78 is 17.2. The number of nitrogens with one attached hydrogen (secondary N) is 1. The molecule has 1 N–H and O–H groups in total. The molecule has 0 aromatic heterocycles. The van der Waals surface area contributed by atoms with Crippen molar-refractivity contribution < 1.29 is 28.6 Å². The maximum absolute atomic E-state index is 13.0. The topological polar surface area (TPSA) is 94.2 Å². The highest BCUT2D eigenvalue weighted by molar-refractivity contribution is 9.10. The van der Waals surface area contributed by atoms with Gasteiger partial charge in [-0.2, -0.15) is 0 Å². The zero-order valence-electron chi connectivity index (χ0n) is 20.6. The van der Waals surface area contributed by atoms with Crippen LogP contribution in [0.2, 0.25) is 10.0 Å². The van der Waals surface area contributed by atoms with Crippen LogP contribution in [0, 0.1) is 0 Å². The van der Waals surface area contributed by atoms with E-state index in [0.717, 1.165) is 22.2 Å². The molecule has 12 heteroatoms. The molecule has 3 aromatic rings. The second kappa shape index (κ2) is 12.8. The van der Waals surface area contributed by atoms with Gasteiger partial charge in [-0.25, -0.2) is 0 Å². The summed E-state index contributed by atoms with van der Waals surface area (Å²) in [5.41, 5.74) is 1.76. The van der Waals surface area contributed by atoms with Gasteiger partial charge in [-0.1, -0.05) is 41.4 Å². The van der Waals surface area contributed by atoms with Crippen molar-refractivity contribution in [1.82, 2.24) is 4.90 Å². The highest BCUT2D eigenvalue weighted by atomic mass is 79.9. The summed E-state index contributed by atoms with van der Waals surface area (Å²) in [6.07, 6.45) is 1.55. The minimum Gasteiger partial charge on any atom is -0.495 e. The van der Waals surface area contributed by atoms with Crippen molar-refractivity contribution in [3.63, 3.8) is 0 Å². The molecule has 202 valence electrons. The van der Waals surface area contributed by atoms with Crippen LogP contribution in [0.25, 0.3) is 6.08 Å². The number of para-hydroxylation sites is 2. The molecule has 0 bridgehead atoms. The Balaban J connectivity index is 1.48. The van der Waals surface area contributed by atoms with E-state index in [0.29, 0.717) is 43.0 Å². The summed E-state index contributed by atoms with van der Waals surface area (Å²) in [5.74, 6) is 0.184. The number of ether oxygens (including phenoxy) is 3. The van der Waals surface area contributed by atoms with Gasteiger partial charge in [0.25, 0.3) is 11.1 Å². The molecule has 3 amide bonds. The van der Waals surface area contributed by atoms with Crippen molar-refractivity contribution in [2.24, 2.45) is 0 Å². The van der Waals surface area contributed by atoms with Gasteiger partial charge in [0.1, 0.15) is 18.9 Å². The molecule has 1 fully saturated rings. The molecule has 0 aliphatic carbocycles. The molecule has 3 aromatic carbocycles. The second-order valence-electron chi connectivity index (χ2n) is 8.07. The highest BCUT2D eigenvalue weighted by Gasteiger charge is 2.36.